The van der Waals surface area contributed by atoms with Crippen molar-refractivity contribution in [3.63, 3.8) is 0 Å². The minimum Gasteiger partial charge on any atom is -1.00 e. The summed E-state index contributed by atoms with van der Waals surface area (Å²) in [4.78, 5) is 12.6. The molecule has 0 amide bonds. The molecule has 0 aromatic heterocycles. The Morgan fingerprint density at radius 3 is 2.38 bits per heavy atom. The molecule has 21 heavy (non-hydrogen) atoms. The summed E-state index contributed by atoms with van der Waals surface area (Å²) in [7, 11) is 6.31. The van der Waals surface area contributed by atoms with Crippen LogP contribution in [0.1, 0.15) is 25.3 Å². The molecular weight excluding hydrogens is 286 g/mol. The van der Waals surface area contributed by atoms with Crippen molar-refractivity contribution in [3.8, 4) is 0 Å². The molecule has 0 radical (unpaired) electrons. The highest BCUT2D eigenvalue weighted by Crippen LogP contribution is 2.56. The molecule has 2 atom stereocenters. The topological polar surface area (TPSA) is 26.3 Å². The second kappa shape index (κ2) is 6.80. The minimum atomic E-state index is -0.374. The number of halogens is 1. The van der Waals surface area contributed by atoms with Gasteiger partial charge in [0.05, 0.1) is 26.6 Å². The molecule has 2 unspecified atom stereocenters. The van der Waals surface area contributed by atoms with Gasteiger partial charge in [0, 0.05) is 0 Å². The Labute approximate surface area is 134 Å². The monoisotopic (exact) mass is 311 g/mol. The third kappa shape index (κ3) is 3.98. The molecule has 0 bridgehead atoms. The van der Waals surface area contributed by atoms with Crippen LogP contribution < -0.4 is 12.4 Å². The van der Waals surface area contributed by atoms with Crippen molar-refractivity contribution in [1.82, 2.24) is 0 Å². The first-order chi connectivity index (χ1) is 9.40. The molecule has 1 aliphatic rings. The van der Waals surface area contributed by atoms with Crippen molar-refractivity contribution in [3.05, 3.63) is 35.9 Å². The predicted octanol–water partition coefficient (Wildman–Crippen LogP) is -0.392. The van der Waals surface area contributed by atoms with Crippen LogP contribution in [-0.2, 0) is 14.9 Å². The summed E-state index contributed by atoms with van der Waals surface area (Å²) in [5.74, 6) is 0.394. The van der Waals surface area contributed by atoms with Gasteiger partial charge in [0.25, 0.3) is 0 Å². The zero-order valence-electron chi connectivity index (χ0n) is 13.4. The molecule has 0 spiro atoms. The molecule has 0 heterocycles. The lowest BCUT2D eigenvalue weighted by molar-refractivity contribution is -0.870. The number of carbonyl (C=O) groups excluding carboxylic acids is 1. The lowest BCUT2D eigenvalue weighted by Gasteiger charge is -2.24. The molecule has 0 aliphatic heterocycles. The average Bonchev–Trinajstić information content (AvgIpc) is 3.14. The highest BCUT2D eigenvalue weighted by Gasteiger charge is 2.61. The lowest BCUT2D eigenvalue weighted by atomic mass is 9.92. The smallest absolute Gasteiger partial charge is 0.317 e. The van der Waals surface area contributed by atoms with Crippen LogP contribution >= 0.6 is 0 Å². The van der Waals surface area contributed by atoms with Gasteiger partial charge in [0.2, 0.25) is 0 Å². The van der Waals surface area contributed by atoms with Gasteiger partial charge in [-0.15, -0.1) is 0 Å². The molecule has 1 aromatic carbocycles. The number of quaternary nitrogens is 1. The van der Waals surface area contributed by atoms with Crippen molar-refractivity contribution >= 4 is 5.97 Å². The van der Waals surface area contributed by atoms with Crippen LogP contribution in [0.15, 0.2) is 30.3 Å². The van der Waals surface area contributed by atoms with E-state index in [9.17, 15) is 4.79 Å². The SMILES string of the molecule is CCC1CC1(C(=O)OCC[N+](C)(C)C)c1ccccc1.[Cl-]. The number of hydrogen-bond donors (Lipinski definition) is 0. The van der Waals surface area contributed by atoms with E-state index in [2.05, 4.69) is 40.2 Å². The average molecular weight is 312 g/mol. The maximum Gasteiger partial charge on any atom is 0.317 e. The van der Waals surface area contributed by atoms with E-state index < -0.39 is 0 Å². The van der Waals surface area contributed by atoms with Crippen LogP contribution in [0.3, 0.4) is 0 Å². The zero-order valence-corrected chi connectivity index (χ0v) is 14.2. The van der Waals surface area contributed by atoms with Crippen LogP contribution in [0, 0.1) is 5.92 Å². The molecule has 1 aromatic rings. The summed E-state index contributed by atoms with van der Waals surface area (Å²) in [6.45, 7) is 3.48. The highest BCUT2D eigenvalue weighted by atomic mass is 35.5. The maximum absolute atomic E-state index is 12.6. The summed E-state index contributed by atoms with van der Waals surface area (Å²) >= 11 is 0. The van der Waals surface area contributed by atoms with Gasteiger partial charge in [0.15, 0.2) is 0 Å². The number of ether oxygens (including phenoxy) is 1. The van der Waals surface area contributed by atoms with E-state index in [1.807, 2.05) is 18.2 Å². The Kier molecular flexibility index (Phi) is 5.83. The standard InChI is InChI=1S/C17H26NO2.ClH/c1-5-14-13-17(14,15-9-7-6-8-10-15)16(19)20-12-11-18(2,3)4;/h6-10,14H,5,11-13H2,1-4H3;1H/q+1;/p-1. The van der Waals surface area contributed by atoms with E-state index in [0.717, 1.165) is 29.4 Å². The Balaban J connectivity index is 0.00000220. The molecule has 0 saturated heterocycles. The van der Waals surface area contributed by atoms with Gasteiger partial charge in [0.1, 0.15) is 13.2 Å². The van der Waals surface area contributed by atoms with Crippen molar-refractivity contribution < 1.29 is 26.4 Å². The maximum atomic E-state index is 12.6. The van der Waals surface area contributed by atoms with E-state index in [-0.39, 0.29) is 23.8 Å². The summed E-state index contributed by atoms with van der Waals surface area (Å²) in [5, 5.41) is 0. The fourth-order valence-electron chi connectivity index (χ4n) is 2.82. The number of nitrogens with zero attached hydrogens (tertiary/aromatic N) is 1. The molecule has 1 fully saturated rings. The molecule has 0 N–H and O–H groups in total. The Hall–Kier alpha value is -1.06. The number of benzene rings is 1. The van der Waals surface area contributed by atoms with Gasteiger partial charge in [-0.25, -0.2) is 0 Å². The number of hydrogen-bond acceptors (Lipinski definition) is 2. The van der Waals surface area contributed by atoms with Gasteiger partial charge in [-0.3, -0.25) is 4.79 Å². The molecule has 3 nitrogen and oxygen atoms in total. The predicted molar refractivity (Wildman–Crippen MR) is 80.4 cm³/mol. The van der Waals surface area contributed by atoms with Gasteiger partial charge in [-0.2, -0.15) is 0 Å². The minimum absolute atomic E-state index is 0. The van der Waals surface area contributed by atoms with Crippen molar-refractivity contribution in [2.45, 2.75) is 25.2 Å². The van der Waals surface area contributed by atoms with E-state index in [1.54, 1.807) is 0 Å². The molecule has 2 rings (SSSR count). The Bertz CT molecular complexity index is 469. The molecule has 1 aliphatic carbocycles. The molecule has 118 valence electrons. The quantitative estimate of drug-likeness (QED) is 0.528. The van der Waals surface area contributed by atoms with Crippen LogP contribution in [0.5, 0.6) is 0 Å². The number of rotatable bonds is 6. The second-order valence-corrected chi connectivity index (χ2v) is 6.80. The molecular formula is C17H26ClNO2. The van der Waals surface area contributed by atoms with E-state index in [1.165, 1.54) is 0 Å². The van der Waals surface area contributed by atoms with Crippen LogP contribution in [0.25, 0.3) is 0 Å². The fraction of sp³-hybridized carbons (Fsp3) is 0.588. The highest BCUT2D eigenvalue weighted by molar-refractivity contribution is 5.87. The first-order valence-corrected chi connectivity index (χ1v) is 7.43. The van der Waals surface area contributed by atoms with Crippen molar-refractivity contribution in [1.29, 1.82) is 0 Å². The zero-order chi connectivity index (χ0) is 14.8. The summed E-state index contributed by atoms with van der Waals surface area (Å²) in [5.41, 5.74) is 0.739. The van der Waals surface area contributed by atoms with Gasteiger partial charge >= 0.3 is 5.97 Å². The number of likely N-dealkylation sites (N-methyl/N-ethyl adjacent to an activating group) is 1. The van der Waals surface area contributed by atoms with Crippen LogP contribution in [0.2, 0.25) is 0 Å². The summed E-state index contributed by atoms with van der Waals surface area (Å²) in [6.07, 6.45) is 1.95. The largest absolute Gasteiger partial charge is 1.00 e. The Morgan fingerprint density at radius 2 is 1.90 bits per heavy atom. The summed E-state index contributed by atoms with van der Waals surface area (Å²) < 4.78 is 6.39. The molecule has 4 heteroatoms. The number of esters is 1. The fourth-order valence-corrected chi connectivity index (χ4v) is 2.82. The lowest BCUT2D eigenvalue weighted by Crippen LogP contribution is -3.00. The Morgan fingerprint density at radius 1 is 1.29 bits per heavy atom. The number of carbonyl (C=O) groups is 1. The molecule has 1 saturated carbocycles. The van der Waals surface area contributed by atoms with E-state index >= 15 is 0 Å². The van der Waals surface area contributed by atoms with Gasteiger partial charge in [-0.1, -0.05) is 43.7 Å². The summed E-state index contributed by atoms with van der Waals surface area (Å²) in [6, 6.07) is 10.1. The van der Waals surface area contributed by atoms with Crippen molar-refractivity contribution in [2.75, 3.05) is 34.3 Å². The first kappa shape index (κ1) is 18.0. The van der Waals surface area contributed by atoms with Crippen molar-refractivity contribution in [2.24, 2.45) is 5.92 Å². The van der Waals surface area contributed by atoms with Crippen LogP contribution in [-0.4, -0.2) is 44.7 Å². The second-order valence-electron chi connectivity index (χ2n) is 6.80. The van der Waals surface area contributed by atoms with Gasteiger partial charge in [-0.05, 0) is 17.9 Å². The van der Waals surface area contributed by atoms with Gasteiger partial charge < -0.3 is 21.6 Å². The third-order valence-corrected chi connectivity index (χ3v) is 4.25. The van der Waals surface area contributed by atoms with E-state index in [0.29, 0.717) is 12.5 Å². The van der Waals surface area contributed by atoms with E-state index in [4.69, 9.17) is 4.74 Å². The first-order valence-electron chi connectivity index (χ1n) is 7.43. The normalized spacial score (nSPS) is 24.1. The van der Waals surface area contributed by atoms with Crippen LogP contribution in [0.4, 0.5) is 0 Å². The third-order valence-electron chi connectivity index (χ3n) is 4.25.